The summed E-state index contributed by atoms with van der Waals surface area (Å²) in [4.78, 5) is 27.4. The molecule has 0 radical (unpaired) electrons. The Morgan fingerprint density at radius 2 is 1.84 bits per heavy atom. The van der Waals surface area contributed by atoms with E-state index in [0.29, 0.717) is 36.7 Å². The number of aryl methyl sites for hydroxylation is 2. The van der Waals surface area contributed by atoms with Crippen molar-refractivity contribution in [3.8, 4) is 0 Å². The predicted octanol–water partition coefficient (Wildman–Crippen LogP) is 3.48. The molecule has 0 unspecified atom stereocenters. The van der Waals surface area contributed by atoms with E-state index < -0.39 is 16.1 Å². The first kappa shape index (κ1) is 23.8. The van der Waals surface area contributed by atoms with Crippen LogP contribution in [0.2, 0.25) is 0 Å². The summed E-state index contributed by atoms with van der Waals surface area (Å²) in [5.41, 5.74) is 2.53. The first-order valence-electron chi connectivity index (χ1n) is 10.9. The van der Waals surface area contributed by atoms with Gasteiger partial charge in [-0.05, 0) is 74.1 Å². The Morgan fingerprint density at radius 3 is 2.53 bits per heavy atom. The zero-order valence-electron chi connectivity index (χ0n) is 19.0. The molecular weight excluding hydrogens is 426 g/mol. The van der Waals surface area contributed by atoms with E-state index in [1.807, 2.05) is 27.7 Å². The third-order valence-electron chi connectivity index (χ3n) is 5.65. The predicted molar refractivity (Wildman–Crippen MR) is 125 cm³/mol. The molecule has 1 saturated heterocycles. The summed E-state index contributed by atoms with van der Waals surface area (Å²) >= 11 is 0. The van der Waals surface area contributed by atoms with Crippen molar-refractivity contribution < 1.29 is 18.0 Å². The van der Waals surface area contributed by atoms with Gasteiger partial charge in [0.25, 0.3) is 15.9 Å². The van der Waals surface area contributed by atoms with Crippen LogP contribution in [0.4, 0.5) is 5.69 Å². The number of amides is 2. The van der Waals surface area contributed by atoms with Crippen molar-refractivity contribution in [3.05, 3.63) is 59.2 Å². The number of benzene rings is 2. The molecular formula is C24H31N3O4S. The number of carbonyl (C=O) groups excluding carboxylic acids is 2. The highest BCUT2D eigenvalue weighted by Crippen LogP contribution is 2.23. The van der Waals surface area contributed by atoms with Crippen LogP contribution in [-0.2, 0) is 14.8 Å². The van der Waals surface area contributed by atoms with Crippen molar-refractivity contribution in [3.63, 3.8) is 0 Å². The zero-order valence-corrected chi connectivity index (χ0v) is 19.8. The van der Waals surface area contributed by atoms with Gasteiger partial charge in [0.2, 0.25) is 5.91 Å². The summed E-state index contributed by atoms with van der Waals surface area (Å²) in [7, 11) is -3.79. The molecule has 1 aliphatic rings. The van der Waals surface area contributed by atoms with Crippen LogP contribution in [0.3, 0.4) is 0 Å². The van der Waals surface area contributed by atoms with Gasteiger partial charge >= 0.3 is 0 Å². The second-order valence-electron chi connectivity index (χ2n) is 8.73. The van der Waals surface area contributed by atoms with Gasteiger partial charge in [-0.2, -0.15) is 0 Å². The lowest BCUT2D eigenvalue weighted by atomic mass is 10.1. The van der Waals surface area contributed by atoms with Crippen molar-refractivity contribution >= 4 is 27.5 Å². The van der Waals surface area contributed by atoms with Gasteiger partial charge < -0.3 is 10.2 Å². The molecule has 1 atom stereocenters. The topological polar surface area (TPSA) is 95.6 Å². The van der Waals surface area contributed by atoms with Crippen molar-refractivity contribution in [1.82, 2.24) is 10.2 Å². The molecule has 1 aliphatic heterocycles. The lowest BCUT2D eigenvalue weighted by Crippen LogP contribution is -2.46. The maximum atomic E-state index is 13.1. The monoisotopic (exact) mass is 457 g/mol. The number of rotatable bonds is 7. The lowest BCUT2D eigenvalue weighted by molar-refractivity contribution is -0.125. The Balaban J connectivity index is 1.77. The van der Waals surface area contributed by atoms with Gasteiger partial charge in [0.15, 0.2) is 0 Å². The summed E-state index contributed by atoms with van der Waals surface area (Å²) < 4.78 is 28.2. The summed E-state index contributed by atoms with van der Waals surface area (Å²) in [5, 5.41) is 2.90. The number of sulfonamides is 1. The largest absolute Gasteiger partial charge is 0.354 e. The molecule has 1 fully saturated rings. The number of nitrogens with one attached hydrogen (secondary N) is 2. The molecule has 3 rings (SSSR count). The molecule has 172 valence electrons. The highest BCUT2D eigenvalue weighted by molar-refractivity contribution is 7.92. The number of nitrogens with zero attached hydrogens (tertiary/aromatic N) is 1. The van der Waals surface area contributed by atoms with Gasteiger partial charge in [-0.25, -0.2) is 8.42 Å². The number of anilines is 1. The number of hydrogen-bond donors (Lipinski definition) is 2. The van der Waals surface area contributed by atoms with E-state index in [2.05, 4.69) is 10.0 Å². The minimum absolute atomic E-state index is 0.142. The summed E-state index contributed by atoms with van der Waals surface area (Å²) in [6.45, 7) is 8.87. The molecule has 8 heteroatoms. The van der Waals surface area contributed by atoms with E-state index in [1.165, 1.54) is 6.07 Å². The van der Waals surface area contributed by atoms with Crippen molar-refractivity contribution in [2.24, 2.45) is 5.92 Å². The van der Waals surface area contributed by atoms with Crippen LogP contribution in [-0.4, -0.2) is 44.3 Å². The van der Waals surface area contributed by atoms with Gasteiger partial charge in [0.1, 0.15) is 6.04 Å². The quantitative estimate of drug-likeness (QED) is 0.665. The van der Waals surface area contributed by atoms with E-state index in [4.69, 9.17) is 0 Å². The Morgan fingerprint density at radius 1 is 1.09 bits per heavy atom. The molecule has 2 aromatic rings. The molecule has 0 saturated carbocycles. The smallest absolute Gasteiger partial charge is 0.261 e. The minimum atomic E-state index is -3.79. The van der Waals surface area contributed by atoms with E-state index in [9.17, 15) is 18.0 Å². The molecule has 2 N–H and O–H groups in total. The van der Waals surface area contributed by atoms with E-state index in [1.54, 1.807) is 41.3 Å². The van der Waals surface area contributed by atoms with Crippen LogP contribution in [0.15, 0.2) is 47.4 Å². The van der Waals surface area contributed by atoms with Crippen molar-refractivity contribution in [1.29, 1.82) is 0 Å². The molecule has 0 aromatic heterocycles. The van der Waals surface area contributed by atoms with Gasteiger partial charge in [-0.15, -0.1) is 0 Å². The van der Waals surface area contributed by atoms with Crippen LogP contribution in [0.5, 0.6) is 0 Å². The maximum Gasteiger partial charge on any atom is 0.261 e. The van der Waals surface area contributed by atoms with Gasteiger partial charge in [-0.3, -0.25) is 14.3 Å². The highest BCUT2D eigenvalue weighted by Gasteiger charge is 2.34. The molecule has 2 amide bonds. The van der Waals surface area contributed by atoms with Gasteiger partial charge in [-0.1, -0.05) is 26.0 Å². The van der Waals surface area contributed by atoms with Gasteiger partial charge in [0, 0.05) is 24.3 Å². The summed E-state index contributed by atoms with van der Waals surface area (Å²) in [6, 6.07) is 10.8. The molecule has 0 aliphatic carbocycles. The lowest BCUT2D eigenvalue weighted by Gasteiger charge is -2.24. The van der Waals surface area contributed by atoms with Crippen LogP contribution < -0.4 is 10.0 Å². The summed E-state index contributed by atoms with van der Waals surface area (Å²) in [6.07, 6.45) is 1.37. The Kier molecular flexibility index (Phi) is 7.23. The Hall–Kier alpha value is -2.87. The molecule has 7 nitrogen and oxygen atoms in total. The molecule has 2 aromatic carbocycles. The van der Waals surface area contributed by atoms with Gasteiger partial charge in [0.05, 0.1) is 4.90 Å². The molecule has 1 heterocycles. The fourth-order valence-corrected chi connectivity index (χ4v) is 4.82. The number of carbonyl (C=O) groups is 2. The molecule has 32 heavy (non-hydrogen) atoms. The first-order chi connectivity index (χ1) is 15.1. The first-order valence-corrected chi connectivity index (χ1v) is 12.4. The SMILES string of the molecule is Cc1ccc(S(=O)(=O)Nc2cccc(C(=O)N3CCC[C@@H]3C(=O)NCC(C)C)c2)cc1C. The van der Waals surface area contributed by atoms with Crippen LogP contribution in [0, 0.1) is 19.8 Å². The van der Waals surface area contributed by atoms with Crippen LogP contribution in [0.25, 0.3) is 0 Å². The standard InChI is InChI=1S/C24H31N3O4S/c1-16(2)15-25-23(28)22-9-6-12-27(22)24(29)19-7-5-8-20(14-19)26-32(30,31)21-11-10-17(3)18(4)13-21/h5,7-8,10-11,13-14,16,22,26H,6,9,12,15H2,1-4H3,(H,25,28)/t22-/m1/s1. The number of hydrogen-bond acceptors (Lipinski definition) is 4. The van der Waals surface area contributed by atoms with Crippen molar-refractivity contribution in [2.75, 3.05) is 17.8 Å². The molecule has 0 spiro atoms. The Labute approximate surface area is 190 Å². The Bertz CT molecular complexity index is 1110. The highest BCUT2D eigenvalue weighted by atomic mass is 32.2. The van der Waals surface area contributed by atoms with E-state index in [-0.39, 0.29) is 16.7 Å². The fourth-order valence-electron chi connectivity index (χ4n) is 3.68. The van der Waals surface area contributed by atoms with Crippen LogP contribution >= 0.6 is 0 Å². The second kappa shape index (κ2) is 9.73. The van der Waals surface area contributed by atoms with E-state index in [0.717, 1.165) is 17.5 Å². The second-order valence-corrected chi connectivity index (χ2v) is 10.4. The number of likely N-dealkylation sites (tertiary alicyclic amines) is 1. The third-order valence-corrected chi connectivity index (χ3v) is 7.03. The normalized spacial score (nSPS) is 16.3. The zero-order chi connectivity index (χ0) is 23.5. The average molecular weight is 458 g/mol. The van der Waals surface area contributed by atoms with E-state index >= 15 is 0 Å². The van der Waals surface area contributed by atoms with Crippen LogP contribution in [0.1, 0.15) is 48.2 Å². The third kappa shape index (κ3) is 5.48. The minimum Gasteiger partial charge on any atom is -0.354 e. The summed E-state index contributed by atoms with van der Waals surface area (Å²) in [5.74, 6) is -0.0953. The molecule has 0 bridgehead atoms. The maximum absolute atomic E-state index is 13.1. The van der Waals surface area contributed by atoms with Crippen molar-refractivity contribution in [2.45, 2.75) is 51.5 Å². The fraction of sp³-hybridized carbons (Fsp3) is 0.417. The average Bonchev–Trinajstić information content (AvgIpc) is 3.23.